The molecule has 0 saturated heterocycles. The molecular weight excluding hydrogens is 291 g/mol. The first-order valence-corrected chi connectivity index (χ1v) is 7.33. The largest absolute Gasteiger partial charge is 0.295 e. The average Bonchev–Trinajstić information content (AvgIpc) is 2.82. The van der Waals surface area contributed by atoms with E-state index < -0.39 is 0 Å². The number of hydrogen-bond acceptors (Lipinski definition) is 1. The molecule has 102 valence electrons. The standard InChI is InChI=1S/C16H14Cl2N2/c1-10-5-3-7-13(11(10)2)20-14-8-4-6-12(18)16(14)19-15(20)9-17/h3-8H,9H2,1-2H3. The van der Waals surface area contributed by atoms with Crippen molar-refractivity contribution in [3.05, 3.63) is 58.4 Å². The first-order valence-electron chi connectivity index (χ1n) is 6.42. The number of rotatable bonds is 2. The molecule has 0 aliphatic rings. The summed E-state index contributed by atoms with van der Waals surface area (Å²) in [6.07, 6.45) is 0. The van der Waals surface area contributed by atoms with Crippen molar-refractivity contribution in [1.29, 1.82) is 0 Å². The van der Waals surface area contributed by atoms with Crippen LogP contribution in [0.3, 0.4) is 0 Å². The van der Waals surface area contributed by atoms with Gasteiger partial charge in [0.05, 0.1) is 22.1 Å². The fraction of sp³-hybridized carbons (Fsp3) is 0.188. The first kappa shape index (κ1) is 13.5. The number of para-hydroxylation sites is 1. The second-order valence-electron chi connectivity index (χ2n) is 4.82. The zero-order chi connectivity index (χ0) is 14.3. The maximum atomic E-state index is 6.24. The van der Waals surface area contributed by atoms with Crippen molar-refractivity contribution in [2.24, 2.45) is 0 Å². The van der Waals surface area contributed by atoms with Crippen molar-refractivity contribution in [3.8, 4) is 5.69 Å². The van der Waals surface area contributed by atoms with E-state index in [1.165, 1.54) is 11.1 Å². The van der Waals surface area contributed by atoms with Crippen molar-refractivity contribution in [2.45, 2.75) is 19.7 Å². The van der Waals surface area contributed by atoms with Gasteiger partial charge in [-0.05, 0) is 43.2 Å². The van der Waals surface area contributed by atoms with Gasteiger partial charge in [0.15, 0.2) is 0 Å². The van der Waals surface area contributed by atoms with Crippen molar-refractivity contribution >= 4 is 34.2 Å². The highest BCUT2D eigenvalue weighted by atomic mass is 35.5. The van der Waals surface area contributed by atoms with Crippen molar-refractivity contribution < 1.29 is 0 Å². The molecule has 2 aromatic carbocycles. The van der Waals surface area contributed by atoms with Gasteiger partial charge in [-0.15, -0.1) is 11.6 Å². The Balaban J connectivity index is 2.41. The van der Waals surface area contributed by atoms with Gasteiger partial charge in [0.2, 0.25) is 0 Å². The Morgan fingerprint density at radius 2 is 1.85 bits per heavy atom. The van der Waals surface area contributed by atoms with Crippen LogP contribution >= 0.6 is 23.2 Å². The summed E-state index contributed by atoms with van der Waals surface area (Å²) < 4.78 is 2.09. The molecule has 0 unspecified atom stereocenters. The lowest BCUT2D eigenvalue weighted by Gasteiger charge is -2.13. The van der Waals surface area contributed by atoms with Crippen molar-refractivity contribution in [2.75, 3.05) is 0 Å². The zero-order valence-corrected chi connectivity index (χ0v) is 12.8. The van der Waals surface area contributed by atoms with E-state index in [-0.39, 0.29) is 0 Å². The van der Waals surface area contributed by atoms with Gasteiger partial charge in [-0.1, -0.05) is 29.8 Å². The summed E-state index contributed by atoms with van der Waals surface area (Å²) in [6.45, 7) is 4.21. The first-order chi connectivity index (χ1) is 9.63. The second-order valence-corrected chi connectivity index (χ2v) is 5.50. The van der Waals surface area contributed by atoms with E-state index in [1.807, 2.05) is 24.3 Å². The molecule has 3 aromatic rings. The molecule has 0 aliphatic heterocycles. The van der Waals surface area contributed by atoms with Gasteiger partial charge < -0.3 is 0 Å². The molecule has 20 heavy (non-hydrogen) atoms. The molecule has 2 nitrogen and oxygen atoms in total. The molecule has 0 fully saturated rings. The fourth-order valence-electron chi connectivity index (χ4n) is 2.45. The molecule has 0 radical (unpaired) electrons. The van der Waals surface area contributed by atoms with Crippen LogP contribution in [0.4, 0.5) is 0 Å². The van der Waals surface area contributed by atoms with Gasteiger partial charge in [-0.3, -0.25) is 4.57 Å². The third-order valence-electron chi connectivity index (χ3n) is 3.64. The Kier molecular flexibility index (Phi) is 3.45. The zero-order valence-electron chi connectivity index (χ0n) is 11.3. The summed E-state index contributed by atoms with van der Waals surface area (Å²) in [5.74, 6) is 1.15. The van der Waals surface area contributed by atoms with E-state index in [9.17, 15) is 0 Å². The monoisotopic (exact) mass is 304 g/mol. The van der Waals surface area contributed by atoms with Crippen molar-refractivity contribution in [3.63, 3.8) is 0 Å². The highest BCUT2D eigenvalue weighted by Crippen LogP contribution is 2.29. The number of aryl methyl sites for hydroxylation is 1. The van der Waals surface area contributed by atoms with Gasteiger partial charge in [-0.25, -0.2) is 4.98 Å². The molecule has 0 atom stereocenters. The summed E-state index contributed by atoms with van der Waals surface area (Å²) in [5, 5.41) is 0.651. The third kappa shape index (κ3) is 2.00. The van der Waals surface area contributed by atoms with Gasteiger partial charge in [0.1, 0.15) is 11.3 Å². The minimum atomic E-state index is 0.346. The Hall–Kier alpha value is -1.51. The quantitative estimate of drug-likeness (QED) is 0.607. The Labute approximate surface area is 128 Å². The number of aromatic nitrogens is 2. The Morgan fingerprint density at radius 1 is 1.10 bits per heavy atom. The lowest BCUT2D eigenvalue weighted by molar-refractivity contribution is 0.969. The molecular formula is C16H14Cl2N2. The van der Waals surface area contributed by atoms with Gasteiger partial charge in [-0.2, -0.15) is 0 Å². The van der Waals surface area contributed by atoms with E-state index in [4.69, 9.17) is 23.2 Å². The second kappa shape index (κ2) is 5.12. The Morgan fingerprint density at radius 3 is 2.60 bits per heavy atom. The van der Waals surface area contributed by atoms with E-state index in [0.29, 0.717) is 10.9 Å². The minimum Gasteiger partial charge on any atom is -0.295 e. The number of halogens is 2. The highest BCUT2D eigenvalue weighted by Gasteiger charge is 2.15. The summed E-state index contributed by atoms with van der Waals surface area (Å²) in [6, 6.07) is 12.0. The predicted molar refractivity (Wildman–Crippen MR) is 85.1 cm³/mol. The third-order valence-corrected chi connectivity index (χ3v) is 4.19. The summed E-state index contributed by atoms with van der Waals surface area (Å²) >= 11 is 12.3. The minimum absolute atomic E-state index is 0.346. The molecule has 0 spiro atoms. The molecule has 4 heteroatoms. The molecule has 0 saturated carbocycles. The predicted octanol–water partition coefficient (Wildman–Crippen LogP) is 5.03. The SMILES string of the molecule is Cc1cccc(-n2c(CCl)nc3c(Cl)cccc32)c1C. The lowest BCUT2D eigenvalue weighted by atomic mass is 10.1. The van der Waals surface area contributed by atoms with Gasteiger partial charge in [0.25, 0.3) is 0 Å². The molecule has 0 aliphatic carbocycles. The maximum Gasteiger partial charge on any atom is 0.129 e. The van der Waals surface area contributed by atoms with E-state index in [0.717, 1.165) is 22.5 Å². The summed E-state index contributed by atoms with van der Waals surface area (Å²) in [4.78, 5) is 4.58. The van der Waals surface area contributed by atoms with Gasteiger partial charge >= 0.3 is 0 Å². The number of fused-ring (bicyclic) bond motifs is 1. The fourth-order valence-corrected chi connectivity index (χ4v) is 2.84. The molecule has 1 aromatic heterocycles. The number of nitrogens with zero attached hydrogens (tertiary/aromatic N) is 2. The number of hydrogen-bond donors (Lipinski definition) is 0. The van der Waals surface area contributed by atoms with Crippen LogP contribution in [0.1, 0.15) is 17.0 Å². The number of alkyl halides is 1. The van der Waals surface area contributed by atoms with Crippen LogP contribution in [0, 0.1) is 13.8 Å². The molecule has 3 rings (SSSR count). The van der Waals surface area contributed by atoms with Crippen LogP contribution < -0.4 is 0 Å². The van der Waals surface area contributed by atoms with Crippen LogP contribution in [0.15, 0.2) is 36.4 Å². The summed E-state index contributed by atoms with van der Waals surface area (Å²) in [7, 11) is 0. The van der Waals surface area contributed by atoms with Crippen LogP contribution in [0.5, 0.6) is 0 Å². The molecule has 0 amide bonds. The number of imidazole rings is 1. The van der Waals surface area contributed by atoms with Crippen molar-refractivity contribution in [1.82, 2.24) is 9.55 Å². The maximum absolute atomic E-state index is 6.24. The topological polar surface area (TPSA) is 17.8 Å². The van der Waals surface area contributed by atoms with E-state index >= 15 is 0 Å². The van der Waals surface area contributed by atoms with Gasteiger partial charge in [0, 0.05) is 0 Å². The smallest absolute Gasteiger partial charge is 0.129 e. The molecule has 1 heterocycles. The Bertz CT molecular complexity index is 791. The molecule has 0 N–H and O–H groups in total. The summed E-state index contributed by atoms with van der Waals surface area (Å²) in [5.41, 5.74) is 5.35. The normalized spacial score (nSPS) is 11.2. The van der Waals surface area contributed by atoms with Crippen LogP contribution in [-0.4, -0.2) is 9.55 Å². The van der Waals surface area contributed by atoms with Crippen LogP contribution in [-0.2, 0) is 5.88 Å². The molecule has 0 bridgehead atoms. The van der Waals surface area contributed by atoms with E-state index in [2.05, 4.69) is 35.5 Å². The van der Waals surface area contributed by atoms with E-state index in [1.54, 1.807) is 0 Å². The lowest BCUT2D eigenvalue weighted by Crippen LogP contribution is -2.02. The average molecular weight is 305 g/mol. The number of benzene rings is 2. The van der Waals surface area contributed by atoms with Crippen LogP contribution in [0.2, 0.25) is 5.02 Å². The highest BCUT2D eigenvalue weighted by molar-refractivity contribution is 6.35. The van der Waals surface area contributed by atoms with Crippen LogP contribution in [0.25, 0.3) is 16.7 Å².